The number of benzene rings is 1. The molecule has 0 bridgehead atoms. The second-order valence-electron chi connectivity index (χ2n) is 2.43. The Bertz CT molecular complexity index is 238. The Balaban J connectivity index is 2.25. The first-order valence-corrected chi connectivity index (χ1v) is 7.21. The molecule has 0 radical (unpaired) electrons. The van der Waals surface area contributed by atoms with E-state index in [1.165, 1.54) is 5.56 Å². The maximum Gasteiger partial charge on any atom is 0.0530 e. The highest BCUT2D eigenvalue weighted by molar-refractivity contribution is 9.10. The Hall–Kier alpha value is 0.360. The van der Waals surface area contributed by atoms with Crippen molar-refractivity contribution < 1.29 is 5.11 Å². The predicted molar refractivity (Wildman–Crippen MR) is 65.0 cm³/mol. The highest BCUT2D eigenvalue weighted by Crippen LogP contribution is 2.25. The summed E-state index contributed by atoms with van der Waals surface area (Å²) in [7, 11) is 3.49. The van der Waals surface area contributed by atoms with E-state index in [1.54, 1.807) is 21.6 Å². The highest BCUT2D eigenvalue weighted by Gasteiger charge is 1.93. The van der Waals surface area contributed by atoms with Crippen molar-refractivity contribution in [3.8, 4) is 0 Å². The fourth-order valence-corrected chi connectivity index (χ4v) is 2.89. The fourth-order valence-electron chi connectivity index (χ4n) is 0.787. The summed E-state index contributed by atoms with van der Waals surface area (Å²) < 4.78 is 1.12. The molecule has 0 aliphatic rings. The minimum atomic E-state index is 0.262. The zero-order valence-corrected chi connectivity index (χ0v) is 10.3. The minimum absolute atomic E-state index is 0.262. The Labute approximate surface area is 94.8 Å². The van der Waals surface area contributed by atoms with Crippen LogP contribution in [-0.4, -0.2) is 17.5 Å². The van der Waals surface area contributed by atoms with Crippen molar-refractivity contribution in [2.75, 3.05) is 12.4 Å². The number of rotatable bonds is 5. The quantitative estimate of drug-likeness (QED) is 0.659. The largest absolute Gasteiger partial charge is 0.395 e. The zero-order chi connectivity index (χ0) is 9.52. The standard InChI is InChI=1S/C9H11BrOS2/c10-9-3-1-8(2-4-9)7-13-12-6-5-11/h1-4,11H,5-7H2. The molecule has 0 fully saturated rings. The lowest BCUT2D eigenvalue weighted by Crippen LogP contribution is -1.83. The Morgan fingerprint density at radius 1 is 1.15 bits per heavy atom. The van der Waals surface area contributed by atoms with Gasteiger partial charge in [-0.15, -0.1) is 0 Å². The van der Waals surface area contributed by atoms with Gasteiger partial charge in [0.2, 0.25) is 0 Å². The third-order valence-corrected chi connectivity index (χ3v) is 4.25. The van der Waals surface area contributed by atoms with E-state index >= 15 is 0 Å². The van der Waals surface area contributed by atoms with Crippen molar-refractivity contribution in [2.24, 2.45) is 0 Å². The van der Waals surface area contributed by atoms with Crippen LogP contribution in [-0.2, 0) is 5.75 Å². The molecule has 0 unspecified atom stereocenters. The molecule has 0 spiro atoms. The van der Waals surface area contributed by atoms with E-state index in [4.69, 9.17) is 5.11 Å². The van der Waals surface area contributed by atoms with Crippen molar-refractivity contribution in [3.05, 3.63) is 34.3 Å². The van der Waals surface area contributed by atoms with Gasteiger partial charge in [-0.3, -0.25) is 0 Å². The van der Waals surface area contributed by atoms with Gasteiger partial charge in [0.15, 0.2) is 0 Å². The van der Waals surface area contributed by atoms with Gasteiger partial charge in [0.25, 0.3) is 0 Å². The summed E-state index contributed by atoms with van der Waals surface area (Å²) in [6.45, 7) is 0.262. The van der Waals surface area contributed by atoms with Gasteiger partial charge in [0.1, 0.15) is 0 Å². The van der Waals surface area contributed by atoms with Crippen molar-refractivity contribution >= 4 is 37.5 Å². The van der Waals surface area contributed by atoms with Gasteiger partial charge in [0, 0.05) is 16.0 Å². The summed E-state index contributed by atoms with van der Waals surface area (Å²) in [5.41, 5.74) is 1.32. The molecule has 1 rings (SSSR count). The molecular formula is C9H11BrOS2. The molecule has 0 heterocycles. The van der Waals surface area contributed by atoms with E-state index in [0.29, 0.717) is 0 Å². The summed E-state index contributed by atoms with van der Waals surface area (Å²) in [5.74, 6) is 1.80. The molecule has 72 valence electrons. The zero-order valence-electron chi connectivity index (χ0n) is 7.07. The number of aliphatic hydroxyl groups excluding tert-OH is 1. The molecule has 0 saturated carbocycles. The molecule has 1 nitrogen and oxygen atoms in total. The molecule has 1 aromatic carbocycles. The second kappa shape index (κ2) is 6.76. The molecule has 0 saturated heterocycles. The second-order valence-corrected chi connectivity index (χ2v) is 5.93. The molecule has 4 heteroatoms. The molecular weight excluding hydrogens is 268 g/mol. The number of hydrogen-bond acceptors (Lipinski definition) is 3. The molecule has 0 aromatic heterocycles. The highest BCUT2D eigenvalue weighted by atomic mass is 79.9. The van der Waals surface area contributed by atoms with Crippen molar-refractivity contribution in [2.45, 2.75) is 5.75 Å². The van der Waals surface area contributed by atoms with Crippen LogP contribution < -0.4 is 0 Å². The third kappa shape index (κ3) is 4.96. The molecule has 1 aromatic rings. The first-order valence-electron chi connectivity index (χ1n) is 3.92. The van der Waals surface area contributed by atoms with E-state index in [9.17, 15) is 0 Å². The average molecular weight is 279 g/mol. The van der Waals surface area contributed by atoms with E-state index in [0.717, 1.165) is 16.0 Å². The van der Waals surface area contributed by atoms with Crippen LogP contribution in [0.5, 0.6) is 0 Å². The molecule has 0 aliphatic carbocycles. The van der Waals surface area contributed by atoms with Crippen LogP contribution in [0.2, 0.25) is 0 Å². The normalized spacial score (nSPS) is 10.3. The van der Waals surface area contributed by atoms with Gasteiger partial charge in [-0.25, -0.2) is 0 Å². The van der Waals surface area contributed by atoms with Crippen LogP contribution in [0, 0.1) is 0 Å². The minimum Gasteiger partial charge on any atom is -0.395 e. The molecule has 0 amide bonds. The maximum atomic E-state index is 8.56. The molecule has 13 heavy (non-hydrogen) atoms. The summed E-state index contributed by atoms with van der Waals surface area (Å²) in [6, 6.07) is 8.31. The van der Waals surface area contributed by atoms with Gasteiger partial charge in [0.05, 0.1) is 6.61 Å². The van der Waals surface area contributed by atoms with Gasteiger partial charge in [-0.05, 0) is 17.7 Å². The van der Waals surface area contributed by atoms with Crippen molar-refractivity contribution in [1.29, 1.82) is 0 Å². The van der Waals surface area contributed by atoms with Gasteiger partial charge in [-0.1, -0.05) is 49.7 Å². The molecule has 1 N–H and O–H groups in total. The number of aliphatic hydroxyl groups is 1. The molecule has 0 atom stereocenters. The topological polar surface area (TPSA) is 20.2 Å². The fraction of sp³-hybridized carbons (Fsp3) is 0.333. The lowest BCUT2D eigenvalue weighted by Gasteiger charge is -2.00. The maximum absolute atomic E-state index is 8.56. The van der Waals surface area contributed by atoms with Gasteiger partial charge >= 0.3 is 0 Å². The van der Waals surface area contributed by atoms with Gasteiger partial charge < -0.3 is 5.11 Å². The Morgan fingerprint density at radius 3 is 2.46 bits per heavy atom. The lowest BCUT2D eigenvalue weighted by molar-refractivity contribution is 0.323. The van der Waals surface area contributed by atoms with Gasteiger partial charge in [-0.2, -0.15) is 0 Å². The smallest absolute Gasteiger partial charge is 0.0530 e. The van der Waals surface area contributed by atoms with E-state index in [-0.39, 0.29) is 6.61 Å². The summed E-state index contributed by atoms with van der Waals surface area (Å²) in [6.07, 6.45) is 0. The summed E-state index contributed by atoms with van der Waals surface area (Å²) in [5, 5.41) is 8.56. The van der Waals surface area contributed by atoms with Crippen LogP contribution in [0.25, 0.3) is 0 Å². The summed E-state index contributed by atoms with van der Waals surface area (Å²) >= 11 is 3.39. The van der Waals surface area contributed by atoms with Crippen LogP contribution in [0.4, 0.5) is 0 Å². The lowest BCUT2D eigenvalue weighted by atomic mass is 10.2. The Morgan fingerprint density at radius 2 is 1.85 bits per heavy atom. The average Bonchev–Trinajstić information content (AvgIpc) is 2.15. The van der Waals surface area contributed by atoms with E-state index in [1.807, 2.05) is 12.1 Å². The van der Waals surface area contributed by atoms with Crippen LogP contribution >= 0.6 is 37.5 Å². The van der Waals surface area contributed by atoms with Crippen LogP contribution in [0.15, 0.2) is 28.7 Å². The summed E-state index contributed by atoms with van der Waals surface area (Å²) in [4.78, 5) is 0. The monoisotopic (exact) mass is 278 g/mol. The third-order valence-electron chi connectivity index (χ3n) is 1.40. The van der Waals surface area contributed by atoms with Crippen molar-refractivity contribution in [1.82, 2.24) is 0 Å². The first-order chi connectivity index (χ1) is 6.33. The number of halogens is 1. The van der Waals surface area contributed by atoms with Crippen LogP contribution in [0.3, 0.4) is 0 Å². The van der Waals surface area contributed by atoms with E-state index in [2.05, 4.69) is 28.1 Å². The first kappa shape index (κ1) is 11.4. The predicted octanol–water partition coefficient (Wildman–Crippen LogP) is 3.32. The number of hydrogen-bond donors (Lipinski definition) is 1. The van der Waals surface area contributed by atoms with Crippen molar-refractivity contribution in [3.63, 3.8) is 0 Å². The SMILES string of the molecule is OCCSSCc1ccc(Br)cc1. The molecule has 0 aliphatic heterocycles. The van der Waals surface area contributed by atoms with Crippen LogP contribution in [0.1, 0.15) is 5.56 Å². The van der Waals surface area contributed by atoms with E-state index < -0.39 is 0 Å². The Kier molecular flexibility index (Phi) is 5.95.